The molecule has 0 aromatic heterocycles. The van der Waals surface area contributed by atoms with Gasteiger partial charge in [-0.3, -0.25) is 4.79 Å². The number of ether oxygens (including phenoxy) is 1. The molecule has 0 aromatic carbocycles. The van der Waals surface area contributed by atoms with Crippen molar-refractivity contribution < 1.29 is 9.53 Å². The van der Waals surface area contributed by atoms with Gasteiger partial charge in [0, 0.05) is 0 Å². The van der Waals surface area contributed by atoms with Gasteiger partial charge in [0.15, 0.2) is 0 Å². The summed E-state index contributed by atoms with van der Waals surface area (Å²) in [6.07, 6.45) is 0.802. The second kappa shape index (κ2) is 7.12. The van der Waals surface area contributed by atoms with Crippen molar-refractivity contribution in [3.05, 3.63) is 0 Å². The summed E-state index contributed by atoms with van der Waals surface area (Å²) in [6, 6.07) is 0. The van der Waals surface area contributed by atoms with E-state index in [4.69, 9.17) is 4.74 Å². The van der Waals surface area contributed by atoms with Gasteiger partial charge >= 0.3 is 5.97 Å². The monoisotopic (exact) mass is 233 g/mol. The van der Waals surface area contributed by atoms with Gasteiger partial charge in [0.2, 0.25) is 0 Å². The lowest BCUT2D eigenvalue weighted by Crippen LogP contribution is -2.50. The lowest BCUT2D eigenvalue weighted by Gasteiger charge is -2.27. The third-order valence-corrected chi connectivity index (χ3v) is 3.36. The highest BCUT2D eigenvalue weighted by Gasteiger charge is 2.32. The van der Waals surface area contributed by atoms with E-state index in [1.54, 1.807) is 0 Å². The van der Waals surface area contributed by atoms with Crippen molar-refractivity contribution in [2.75, 3.05) is 19.4 Å². The lowest BCUT2D eigenvalue weighted by atomic mass is 9.99. The molecule has 0 saturated carbocycles. The molecule has 0 aliphatic carbocycles. The zero-order valence-corrected chi connectivity index (χ0v) is 11.2. The average Bonchev–Trinajstić information content (AvgIpc) is 2.16. The van der Waals surface area contributed by atoms with Gasteiger partial charge in [-0.25, -0.2) is 0 Å². The molecule has 0 aliphatic rings. The van der Waals surface area contributed by atoms with Crippen molar-refractivity contribution >= 4 is 17.7 Å². The number of hydrogen-bond acceptors (Lipinski definition) is 4. The first-order valence-electron chi connectivity index (χ1n) is 5.41. The summed E-state index contributed by atoms with van der Waals surface area (Å²) in [7, 11) is 1.44. The van der Waals surface area contributed by atoms with Crippen LogP contribution in [0.5, 0.6) is 0 Å². The van der Waals surface area contributed by atoms with Crippen LogP contribution in [0.1, 0.15) is 34.1 Å². The minimum Gasteiger partial charge on any atom is -0.468 e. The van der Waals surface area contributed by atoms with Crippen LogP contribution in [-0.4, -0.2) is 36.2 Å². The SMILES string of the molecule is CCNC(C)(CCSC(C)C)C(=O)OC. The van der Waals surface area contributed by atoms with Crippen LogP contribution in [0.25, 0.3) is 0 Å². The van der Waals surface area contributed by atoms with E-state index in [-0.39, 0.29) is 5.97 Å². The van der Waals surface area contributed by atoms with Crippen molar-refractivity contribution in [1.29, 1.82) is 0 Å². The summed E-state index contributed by atoms with van der Waals surface area (Å²) in [4.78, 5) is 11.6. The Labute approximate surface area is 97.3 Å². The average molecular weight is 233 g/mol. The van der Waals surface area contributed by atoms with Crippen molar-refractivity contribution in [2.45, 2.75) is 44.9 Å². The summed E-state index contributed by atoms with van der Waals surface area (Å²) in [5.74, 6) is 0.796. The summed E-state index contributed by atoms with van der Waals surface area (Å²) in [5, 5.41) is 3.80. The quantitative estimate of drug-likeness (QED) is 0.683. The number of hydrogen-bond donors (Lipinski definition) is 1. The first kappa shape index (κ1) is 14.8. The number of rotatable bonds is 7. The molecule has 0 fully saturated rings. The molecule has 4 heteroatoms. The highest BCUT2D eigenvalue weighted by molar-refractivity contribution is 7.99. The molecule has 0 aromatic rings. The van der Waals surface area contributed by atoms with Crippen LogP contribution < -0.4 is 5.32 Å². The number of thioether (sulfide) groups is 1. The second-order valence-electron chi connectivity index (χ2n) is 4.02. The molecular weight excluding hydrogens is 210 g/mol. The van der Waals surface area contributed by atoms with Crippen molar-refractivity contribution in [3.8, 4) is 0 Å². The lowest BCUT2D eigenvalue weighted by molar-refractivity contribution is -0.147. The van der Waals surface area contributed by atoms with Gasteiger partial charge in [0.1, 0.15) is 5.54 Å². The van der Waals surface area contributed by atoms with Crippen LogP contribution in [0.4, 0.5) is 0 Å². The summed E-state index contributed by atoms with van der Waals surface area (Å²) < 4.78 is 4.81. The Morgan fingerprint density at radius 1 is 1.53 bits per heavy atom. The Kier molecular flexibility index (Phi) is 7.02. The van der Waals surface area contributed by atoms with Crippen molar-refractivity contribution in [2.24, 2.45) is 0 Å². The van der Waals surface area contributed by atoms with E-state index in [0.29, 0.717) is 5.25 Å². The minimum absolute atomic E-state index is 0.172. The number of nitrogens with one attached hydrogen (secondary N) is 1. The molecule has 0 rings (SSSR count). The number of methoxy groups -OCH3 is 1. The number of carbonyl (C=O) groups is 1. The van der Waals surface area contributed by atoms with Crippen molar-refractivity contribution in [3.63, 3.8) is 0 Å². The summed E-state index contributed by atoms with van der Waals surface area (Å²) in [5.41, 5.74) is -0.536. The van der Waals surface area contributed by atoms with E-state index in [9.17, 15) is 4.79 Å². The molecule has 0 saturated heterocycles. The second-order valence-corrected chi connectivity index (χ2v) is 5.71. The highest BCUT2D eigenvalue weighted by atomic mass is 32.2. The van der Waals surface area contributed by atoms with Crippen LogP contribution in [0.3, 0.4) is 0 Å². The fraction of sp³-hybridized carbons (Fsp3) is 0.909. The molecule has 0 amide bonds. The first-order chi connectivity index (χ1) is 6.96. The van der Waals surface area contributed by atoms with Crippen LogP contribution >= 0.6 is 11.8 Å². The smallest absolute Gasteiger partial charge is 0.325 e. The molecular formula is C11H23NO2S. The molecule has 15 heavy (non-hydrogen) atoms. The summed E-state index contributed by atoms with van der Waals surface area (Å²) in [6.45, 7) is 9.00. The summed E-state index contributed by atoms with van der Waals surface area (Å²) >= 11 is 1.86. The third kappa shape index (κ3) is 5.42. The first-order valence-corrected chi connectivity index (χ1v) is 6.46. The Balaban J connectivity index is 4.19. The van der Waals surface area contributed by atoms with Crippen molar-refractivity contribution in [1.82, 2.24) is 5.32 Å². The molecule has 1 atom stereocenters. The minimum atomic E-state index is -0.536. The molecule has 0 aliphatic heterocycles. The number of carbonyl (C=O) groups excluding carboxylic acids is 1. The predicted molar refractivity (Wildman–Crippen MR) is 66.3 cm³/mol. The molecule has 3 nitrogen and oxygen atoms in total. The zero-order chi connectivity index (χ0) is 11.9. The van der Waals surface area contributed by atoms with Gasteiger partial charge < -0.3 is 10.1 Å². The van der Waals surface area contributed by atoms with Crippen LogP contribution in [0, 0.1) is 0 Å². The number of esters is 1. The normalized spacial score (nSPS) is 15.1. The van der Waals surface area contributed by atoms with E-state index < -0.39 is 5.54 Å². The molecule has 0 heterocycles. The van der Waals surface area contributed by atoms with E-state index in [1.165, 1.54) is 7.11 Å². The maximum absolute atomic E-state index is 11.6. The number of likely N-dealkylation sites (N-methyl/N-ethyl adjacent to an activating group) is 1. The van der Waals surface area contributed by atoms with Crippen LogP contribution in [0.15, 0.2) is 0 Å². The molecule has 0 radical (unpaired) electrons. The Hall–Kier alpha value is -0.220. The molecule has 0 bridgehead atoms. The van der Waals surface area contributed by atoms with E-state index in [1.807, 2.05) is 25.6 Å². The highest BCUT2D eigenvalue weighted by Crippen LogP contribution is 2.18. The Morgan fingerprint density at radius 2 is 2.13 bits per heavy atom. The van der Waals surface area contributed by atoms with Gasteiger partial charge in [-0.05, 0) is 30.9 Å². The maximum Gasteiger partial charge on any atom is 0.325 e. The maximum atomic E-state index is 11.6. The topological polar surface area (TPSA) is 38.3 Å². The molecule has 90 valence electrons. The zero-order valence-electron chi connectivity index (χ0n) is 10.4. The fourth-order valence-corrected chi connectivity index (χ4v) is 2.37. The standard InChI is InChI=1S/C11H23NO2S/c1-6-12-11(4,10(13)14-5)7-8-15-9(2)3/h9,12H,6-8H2,1-5H3. The van der Waals surface area contributed by atoms with Crippen LogP contribution in [0.2, 0.25) is 0 Å². The van der Waals surface area contributed by atoms with Gasteiger partial charge in [-0.2, -0.15) is 11.8 Å². The largest absolute Gasteiger partial charge is 0.468 e. The van der Waals surface area contributed by atoms with Gasteiger partial charge in [-0.1, -0.05) is 20.8 Å². The predicted octanol–water partition coefficient (Wildman–Crippen LogP) is 2.06. The van der Waals surface area contributed by atoms with E-state index >= 15 is 0 Å². The third-order valence-electron chi connectivity index (χ3n) is 2.26. The molecule has 1 N–H and O–H groups in total. The Morgan fingerprint density at radius 3 is 2.53 bits per heavy atom. The molecule has 1 unspecified atom stereocenters. The van der Waals surface area contributed by atoms with E-state index in [2.05, 4.69) is 19.2 Å². The van der Waals surface area contributed by atoms with E-state index in [0.717, 1.165) is 18.7 Å². The molecule has 0 spiro atoms. The Bertz CT molecular complexity index is 197. The fourth-order valence-electron chi connectivity index (χ4n) is 1.38. The van der Waals surface area contributed by atoms with Gasteiger partial charge in [-0.15, -0.1) is 0 Å². The van der Waals surface area contributed by atoms with Gasteiger partial charge in [0.05, 0.1) is 7.11 Å². The van der Waals surface area contributed by atoms with Gasteiger partial charge in [0.25, 0.3) is 0 Å². The van der Waals surface area contributed by atoms with Crippen LogP contribution in [-0.2, 0) is 9.53 Å².